The second-order valence-electron chi connectivity index (χ2n) is 5.76. The van der Waals surface area contributed by atoms with E-state index in [4.69, 9.17) is 0 Å². The van der Waals surface area contributed by atoms with E-state index in [9.17, 15) is 0 Å². The Morgan fingerprint density at radius 1 is 1.29 bits per heavy atom. The zero-order valence-electron chi connectivity index (χ0n) is 11.1. The van der Waals surface area contributed by atoms with E-state index in [2.05, 4.69) is 29.5 Å². The van der Waals surface area contributed by atoms with Crippen molar-refractivity contribution >= 4 is 11.6 Å². The van der Waals surface area contributed by atoms with Gasteiger partial charge >= 0.3 is 0 Å². The van der Waals surface area contributed by atoms with Gasteiger partial charge in [0.2, 0.25) is 0 Å². The highest BCUT2D eigenvalue weighted by molar-refractivity contribution is 5.45. The van der Waals surface area contributed by atoms with Gasteiger partial charge in [0, 0.05) is 13.1 Å². The average Bonchev–Trinajstić information content (AvgIpc) is 2.28. The molecule has 1 atom stereocenters. The first-order valence-corrected chi connectivity index (χ1v) is 6.50. The number of anilines is 2. The summed E-state index contributed by atoms with van der Waals surface area (Å²) >= 11 is 0. The standard InChI is InChI=1S/C14H23N3/c1-14(2)9-5-6-11(10-14)16-13-8-4-7-12(15-3)17-13/h4,7-8,11H,5-6,9-10H2,1-3H3,(H2,15,16,17). The molecule has 0 radical (unpaired) electrons. The quantitative estimate of drug-likeness (QED) is 0.839. The molecular formula is C14H23N3. The first kappa shape index (κ1) is 12.2. The van der Waals surface area contributed by atoms with Crippen molar-refractivity contribution in [3.63, 3.8) is 0 Å². The third-order valence-corrected chi connectivity index (χ3v) is 3.56. The van der Waals surface area contributed by atoms with Gasteiger partial charge in [-0.25, -0.2) is 4.98 Å². The summed E-state index contributed by atoms with van der Waals surface area (Å²) in [7, 11) is 1.90. The fourth-order valence-corrected chi connectivity index (χ4v) is 2.68. The minimum Gasteiger partial charge on any atom is -0.373 e. The molecule has 1 aromatic heterocycles. The van der Waals surface area contributed by atoms with Crippen molar-refractivity contribution in [2.45, 2.75) is 45.6 Å². The summed E-state index contributed by atoms with van der Waals surface area (Å²) in [4.78, 5) is 4.51. The Bertz CT molecular complexity index is 373. The van der Waals surface area contributed by atoms with E-state index in [1.807, 2.05) is 25.2 Å². The van der Waals surface area contributed by atoms with Crippen LogP contribution in [0.15, 0.2) is 18.2 Å². The van der Waals surface area contributed by atoms with Crippen LogP contribution >= 0.6 is 0 Å². The predicted molar refractivity (Wildman–Crippen MR) is 73.4 cm³/mol. The SMILES string of the molecule is CNc1cccc(NC2CCCC(C)(C)C2)n1. The Balaban J connectivity index is 2.00. The third-order valence-electron chi connectivity index (χ3n) is 3.56. The molecule has 1 aliphatic carbocycles. The van der Waals surface area contributed by atoms with Crippen LogP contribution in [0.1, 0.15) is 39.5 Å². The molecule has 2 rings (SSSR count). The number of nitrogens with zero attached hydrogens (tertiary/aromatic N) is 1. The lowest BCUT2D eigenvalue weighted by molar-refractivity contribution is 0.229. The molecule has 17 heavy (non-hydrogen) atoms. The van der Waals surface area contributed by atoms with Crippen LogP contribution in [0, 0.1) is 5.41 Å². The van der Waals surface area contributed by atoms with Gasteiger partial charge in [-0.3, -0.25) is 0 Å². The molecule has 1 aromatic rings. The lowest BCUT2D eigenvalue weighted by Gasteiger charge is -2.35. The molecule has 1 unspecified atom stereocenters. The molecule has 0 spiro atoms. The molecule has 1 fully saturated rings. The van der Waals surface area contributed by atoms with E-state index in [1.165, 1.54) is 25.7 Å². The first-order valence-electron chi connectivity index (χ1n) is 6.50. The van der Waals surface area contributed by atoms with E-state index < -0.39 is 0 Å². The number of hydrogen-bond donors (Lipinski definition) is 2. The molecule has 2 N–H and O–H groups in total. The van der Waals surface area contributed by atoms with Gasteiger partial charge in [-0.15, -0.1) is 0 Å². The molecule has 1 saturated carbocycles. The van der Waals surface area contributed by atoms with E-state index in [-0.39, 0.29) is 0 Å². The van der Waals surface area contributed by atoms with Crippen molar-refractivity contribution in [2.75, 3.05) is 17.7 Å². The number of aromatic nitrogens is 1. The third kappa shape index (κ3) is 3.35. The maximum absolute atomic E-state index is 4.51. The summed E-state index contributed by atoms with van der Waals surface area (Å²) in [6.45, 7) is 4.72. The van der Waals surface area contributed by atoms with Crippen LogP contribution in [0.4, 0.5) is 11.6 Å². The zero-order valence-corrected chi connectivity index (χ0v) is 11.1. The topological polar surface area (TPSA) is 37.0 Å². The van der Waals surface area contributed by atoms with Crippen LogP contribution < -0.4 is 10.6 Å². The molecule has 3 heteroatoms. The second-order valence-corrected chi connectivity index (χ2v) is 5.76. The van der Waals surface area contributed by atoms with Crippen LogP contribution in [0.3, 0.4) is 0 Å². The van der Waals surface area contributed by atoms with Gasteiger partial charge in [0.25, 0.3) is 0 Å². The normalized spacial score (nSPS) is 23.1. The number of pyridine rings is 1. The Labute approximate surface area is 104 Å². The van der Waals surface area contributed by atoms with Gasteiger partial charge in [-0.2, -0.15) is 0 Å². The van der Waals surface area contributed by atoms with E-state index in [0.717, 1.165) is 11.6 Å². The largest absolute Gasteiger partial charge is 0.373 e. The van der Waals surface area contributed by atoms with Gasteiger partial charge < -0.3 is 10.6 Å². The molecule has 0 aromatic carbocycles. The Morgan fingerprint density at radius 2 is 2.06 bits per heavy atom. The lowest BCUT2D eigenvalue weighted by Crippen LogP contribution is -2.32. The smallest absolute Gasteiger partial charge is 0.128 e. The molecule has 0 saturated heterocycles. The van der Waals surface area contributed by atoms with Crippen molar-refractivity contribution in [1.29, 1.82) is 0 Å². The van der Waals surface area contributed by atoms with Gasteiger partial charge in [-0.05, 0) is 36.8 Å². The van der Waals surface area contributed by atoms with Crippen molar-refractivity contribution in [2.24, 2.45) is 5.41 Å². The molecule has 1 aliphatic rings. The van der Waals surface area contributed by atoms with Gasteiger partial charge in [-0.1, -0.05) is 26.3 Å². The summed E-state index contributed by atoms with van der Waals surface area (Å²) in [6.07, 6.45) is 5.15. The van der Waals surface area contributed by atoms with Crippen LogP contribution in [0.2, 0.25) is 0 Å². The maximum atomic E-state index is 4.51. The summed E-state index contributed by atoms with van der Waals surface area (Å²) in [5.74, 6) is 1.91. The molecule has 0 bridgehead atoms. The predicted octanol–water partition coefficient (Wildman–Crippen LogP) is 3.50. The minimum atomic E-state index is 0.469. The Hall–Kier alpha value is -1.25. The fraction of sp³-hybridized carbons (Fsp3) is 0.643. The van der Waals surface area contributed by atoms with Gasteiger partial charge in [0.1, 0.15) is 11.6 Å². The number of rotatable bonds is 3. The number of nitrogens with one attached hydrogen (secondary N) is 2. The molecule has 3 nitrogen and oxygen atoms in total. The summed E-state index contributed by atoms with van der Waals surface area (Å²) in [5, 5.41) is 6.63. The summed E-state index contributed by atoms with van der Waals surface area (Å²) < 4.78 is 0. The number of hydrogen-bond acceptors (Lipinski definition) is 3. The van der Waals surface area contributed by atoms with E-state index in [0.29, 0.717) is 11.5 Å². The van der Waals surface area contributed by atoms with Crippen molar-refractivity contribution in [3.05, 3.63) is 18.2 Å². The summed E-state index contributed by atoms with van der Waals surface area (Å²) in [6, 6.07) is 6.63. The highest BCUT2D eigenvalue weighted by Gasteiger charge is 2.27. The summed E-state index contributed by atoms with van der Waals surface area (Å²) in [5.41, 5.74) is 0.469. The maximum Gasteiger partial charge on any atom is 0.128 e. The monoisotopic (exact) mass is 233 g/mol. The van der Waals surface area contributed by atoms with Crippen molar-refractivity contribution < 1.29 is 0 Å². The molecule has 94 valence electrons. The molecule has 0 aliphatic heterocycles. The van der Waals surface area contributed by atoms with Crippen LogP contribution in [0.5, 0.6) is 0 Å². The molecule has 1 heterocycles. The first-order chi connectivity index (χ1) is 8.09. The van der Waals surface area contributed by atoms with E-state index >= 15 is 0 Å². The Morgan fingerprint density at radius 3 is 2.76 bits per heavy atom. The van der Waals surface area contributed by atoms with Crippen molar-refractivity contribution in [3.8, 4) is 0 Å². The molecular weight excluding hydrogens is 210 g/mol. The van der Waals surface area contributed by atoms with Gasteiger partial charge in [0.15, 0.2) is 0 Å². The minimum absolute atomic E-state index is 0.469. The fourth-order valence-electron chi connectivity index (χ4n) is 2.68. The van der Waals surface area contributed by atoms with Gasteiger partial charge in [0.05, 0.1) is 0 Å². The highest BCUT2D eigenvalue weighted by Crippen LogP contribution is 2.36. The van der Waals surface area contributed by atoms with Crippen LogP contribution in [-0.2, 0) is 0 Å². The Kier molecular flexibility index (Phi) is 3.55. The van der Waals surface area contributed by atoms with Crippen LogP contribution in [-0.4, -0.2) is 18.1 Å². The van der Waals surface area contributed by atoms with Crippen LogP contribution in [0.25, 0.3) is 0 Å². The zero-order chi connectivity index (χ0) is 12.3. The van der Waals surface area contributed by atoms with E-state index in [1.54, 1.807) is 0 Å². The second kappa shape index (κ2) is 4.94. The average molecular weight is 233 g/mol. The highest BCUT2D eigenvalue weighted by atomic mass is 15.1. The molecule has 0 amide bonds. The lowest BCUT2D eigenvalue weighted by atomic mass is 9.75. The van der Waals surface area contributed by atoms with Crippen molar-refractivity contribution in [1.82, 2.24) is 4.98 Å².